The van der Waals surface area contributed by atoms with Crippen LogP contribution in [-0.4, -0.2) is 68.8 Å². The van der Waals surface area contributed by atoms with Gasteiger partial charge in [-0.05, 0) is 49.9 Å². The SMILES string of the molecule is N#Cc1ccnc(N2C3CCC2CN(C(=O)c2cccnc2-n2cccn2)C3)c1N1CCCC1. The molecular weight excluding hydrogens is 428 g/mol. The van der Waals surface area contributed by atoms with E-state index in [-0.39, 0.29) is 18.0 Å². The zero-order valence-electron chi connectivity index (χ0n) is 18.9. The fraction of sp³-hybridized carbons (Fsp3) is 0.400. The van der Waals surface area contributed by atoms with Gasteiger partial charge in [-0.1, -0.05) is 0 Å². The van der Waals surface area contributed by atoms with E-state index < -0.39 is 0 Å². The third-order valence-electron chi connectivity index (χ3n) is 7.20. The standard InChI is InChI=1S/C25H26N8O/c26-15-18-8-11-28-24(22(18)30-12-1-2-13-30)33-19-6-7-20(33)17-31(16-19)25(34)21-5-3-9-27-23(21)32-14-4-10-29-32/h3-5,8-11,14,19-20H,1-2,6-7,12-13,16-17H2. The van der Waals surface area contributed by atoms with Gasteiger partial charge in [0.05, 0.1) is 16.8 Å². The number of pyridine rings is 2. The van der Waals surface area contributed by atoms with Crippen LogP contribution in [0.4, 0.5) is 11.5 Å². The first-order chi connectivity index (χ1) is 16.7. The highest BCUT2D eigenvalue weighted by Gasteiger charge is 2.44. The number of carbonyl (C=O) groups is 1. The smallest absolute Gasteiger partial charge is 0.257 e. The number of aromatic nitrogens is 4. The Morgan fingerprint density at radius 3 is 2.44 bits per heavy atom. The van der Waals surface area contributed by atoms with Crippen molar-refractivity contribution in [2.75, 3.05) is 36.0 Å². The summed E-state index contributed by atoms with van der Waals surface area (Å²) >= 11 is 0. The Hall–Kier alpha value is -3.93. The second kappa shape index (κ2) is 8.45. The molecule has 1 amide bonds. The van der Waals surface area contributed by atoms with Gasteiger partial charge >= 0.3 is 0 Å². The first-order valence-corrected chi connectivity index (χ1v) is 11.9. The quantitative estimate of drug-likeness (QED) is 0.598. The molecule has 0 spiro atoms. The normalized spacial score (nSPS) is 21.7. The monoisotopic (exact) mass is 454 g/mol. The zero-order valence-corrected chi connectivity index (χ0v) is 18.9. The molecule has 0 radical (unpaired) electrons. The highest BCUT2D eigenvalue weighted by molar-refractivity contribution is 5.97. The van der Waals surface area contributed by atoms with Crippen molar-refractivity contribution in [3.8, 4) is 11.9 Å². The van der Waals surface area contributed by atoms with Crippen LogP contribution in [0.5, 0.6) is 0 Å². The summed E-state index contributed by atoms with van der Waals surface area (Å²) in [4.78, 5) is 29.5. The van der Waals surface area contributed by atoms with Gasteiger partial charge in [-0.15, -0.1) is 0 Å². The van der Waals surface area contributed by atoms with E-state index in [9.17, 15) is 10.1 Å². The van der Waals surface area contributed by atoms with Gasteiger partial charge in [0.25, 0.3) is 5.91 Å². The van der Waals surface area contributed by atoms with Crippen molar-refractivity contribution < 1.29 is 4.79 Å². The van der Waals surface area contributed by atoms with Gasteiger partial charge in [0, 0.05) is 63.1 Å². The summed E-state index contributed by atoms with van der Waals surface area (Å²) in [5.41, 5.74) is 2.21. The maximum atomic E-state index is 13.6. The summed E-state index contributed by atoms with van der Waals surface area (Å²) in [6.45, 7) is 3.16. The van der Waals surface area contributed by atoms with Crippen LogP contribution in [0, 0.1) is 11.3 Å². The molecule has 9 heteroatoms. The molecule has 34 heavy (non-hydrogen) atoms. The number of nitrogens with zero attached hydrogens (tertiary/aromatic N) is 8. The van der Waals surface area contributed by atoms with Crippen LogP contribution in [0.15, 0.2) is 49.1 Å². The summed E-state index contributed by atoms with van der Waals surface area (Å²) in [5, 5.41) is 14.1. The number of anilines is 2. The second-order valence-corrected chi connectivity index (χ2v) is 9.16. The third kappa shape index (κ3) is 3.37. The van der Waals surface area contributed by atoms with Crippen molar-refractivity contribution in [1.82, 2.24) is 24.6 Å². The Morgan fingerprint density at radius 1 is 0.971 bits per heavy atom. The topological polar surface area (TPSA) is 94.2 Å². The molecule has 6 rings (SSSR count). The predicted molar refractivity (Wildman–Crippen MR) is 127 cm³/mol. The van der Waals surface area contributed by atoms with Crippen LogP contribution in [-0.2, 0) is 0 Å². The second-order valence-electron chi connectivity index (χ2n) is 9.16. The van der Waals surface area contributed by atoms with Crippen molar-refractivity contribution in [1.29, 1.82) is 5.26 Å². The van der Waals surface area contributed by atoms with Crippen molar-refractivity contribution in [3.05, 3.63) is 60.2 Å². The summed E-state index contributed by atoms with van der Waals surface area (Å²) in [5.74, 6) is 1.43. The molecule has 172 valence electrons. The molecule has 2 bridgehead atoms. The molecule has 3 aliphatic rings. The summed E-state index contributed by atoms with van der Waals surface area (Å²) < 4.78 is 1.64. The van der Waals surface area contributed by atoms with E-state index in [4.69, 9.17) is 4.98 Å². The molecule has 3 aromatic heterocycles. The minimum absolute atomic E-state index is 0.0198. The van der Waals surface area contributed by atoms with Gasteiger partial charge in [0.15, 0.2) is 11.6 Å². The third-order valence-corrected chi connectivity index (χ3v) is 7.20. The van der Waals surface area contributed by atoms with E-state index in [1.165, 1.54) is 0 Å². The maximum Gasteiger partial charge on any atom is 0.257 e. The first kappa shape index (κ1) is 20.7. The largest absolute Gasteiger partial charge is 0.367 e. The van der Waals surface area contributed by atoms with Crippen LogP contribution < -0.4 is 9.80 Å². The van der Waals surface area contributed by atoms with Crippen LogP contribution in [0.2, 0.25) is 0 Å². The lowest BCUT2D eigenvalue weighted by Gasteiger charge is -2.43. The molecule has 3 aromatic rings. The Bertz CT molecular complexity index is 1230. The Labute approximate surface area is 198 Å². The van der Waals surface area contributed by atoms with Gasteiger partial charge in [0.1, 0.15) is 6.07 Å². The minimum atomic E-state index is -0.0198. The first-order valence-electron chi connectivity index (χ1n) is 11.9. The lowest BCUT2D eigenvalue weighted by atomic mass is 10.1. The zero-order chi connectivity index (χ0) is 23.1. The van der Waals surface area contributed by atoms with Gasteiger partial charge in [-0.25, -0.2) is 14.6 Å². The number of hydrogen-bond donors (Lipinski definition) is 0. The Balaban J connectivity index is 1.30. The minimum Gasteiger partial charge on any atom is -0.367 e. The van der Waals surface area contributed by atoms with Crippen molar-refractivity contribution >= 4 is 17.4 Å². The highest BCUT2D eigenvalue weighted by atomic mass is 16.2. The number of carbonyl (C=O) groups excluding carboxylic acids is 1. The average Bonchev–Trinajstić information content (AvgIpc) is 3.64. The molecule has 3 fully saturated rings. The Kier molecular flexibility index (Phi) is 5.13. The number of hydrogen-bond acceptors (Lipinski definition) is 7. The molecule has 3 aliphatic heterocycles. The summed E-state index contributed by atoms with van der Waals surface area (Å²) in [6.07, 6.45) is 11.2. The fourth-order valence-electron chi connectivity index (χ4n) is 5.70. The number of rotatable bonds is 4. The molecular formula is C25H26N8O. The molecule has 9 nitrogen and oxygen atoms in total. The van der Waals surface area contributed by atoms with E-state index in [1.54, 1.807) is 35.5 Å². The molecule has 0 aromatic carbocycles. The molecule has 0 N–H and O–H groups in total. The fourth-order valence-corrected chi connectivity index (χ4v) is 5.70. The van der Waals surface area contributed by atoms with Crippen molar-refractivity contribution in [2.24, 2.45) is 0 Å². The predicted octanol–water partition coefficient (Wildman–Crippen LogP) is 2.63. The average molecular weight is 455 g/mol. The van der Waals surface area contributed by atoms with E-state index in [0.29, 0.717) is 30.0 Å². The number of nitriles is 1. The summed E-state index contributed by atoms with van der Waals surface area (Å²) in [7, 11) is 0. The van der Waals surface area contributed by atoms with Crippen LogP contribution in [0.3, 0.4) is 0 Å². The van der Waals surface area contributed by atoms with Gasteiger partial charge in [-0.2, -0.15) is 10.4 Å². The van der Waals surface area contributed by atoms with Crippen LogP contribution in [0.1, 0.15) is 41.6 Å². The van der Waals surface area contributed by atoms with E-state index in [2.05, 4.69) is 26.0 Å². The van der Waals surface area contributed by atoms with Gasteiger partial charge in [-0.3, -0.25) is 4.79 Å². The number of likely N-dealkylation sites (tertiary alicyclic amines) is 1. The van der Waals surface area contributed by atoms with Crippen LogP contribution >= 0.6 is 0 Å². The van der Waals surface area contributed by atoms with E-state index in [1.807, 2.05) is 23.1 Å². The highest BCUT2D eigenvalue weighted by Crippen LogP contribution is 2.41. The molecule has 2 atom stereocenters. The van der Waals surface area contributed by atoms with Gasteiger partial charge < -0.3 is 14.7 Å². The van der Waals surface area contributed by atoms with Crippen molar-refractivity contribution in [3.63, 3.8) is 0 Å². The molecule has 2 unspecified atom stereocenters. The van der Waals surface area contributed by atoms with Crippen LogP contribution in [0.25, 0.3) is 5.82 Å². The molecule has 0 saturated carbocycles. The number of fused-ring (bicyclic) bond motifs is 2. The number of piperazine rings is 1. The van der Waals surface area contributed by atoms with Crippen molar-refractivity contribution in [2.45, 2.75) is 37.8 Å². The van der Waals surface area contributed by atoms with Gasteiger partial charge in [0.2, 0.25) is 0 Å². The molecule has 0 aliphatic carbocycles. The van der Waals surface area contributed by atoms with E-state index in [0.717, 1.165) is 50.3 Å². The lowest BCUT2D eigenvalue weighted by molar-refractivity contribution is 0.0717. The van der Waals surface area contributed by atoms with E-state index >= 15 is 0 Å². The Morgan fingerprint density at radius 2 is 1.74 bits per heavy atom. The maximum absolute atomic E-state index is 13.6. The lowest BCUT2D eigenvalue weighted by Crippen LogP contribution is -2.56. The molecule has 6 heterocycles. The molecule has 3 saturated heterocycles. The summed E-state index contributed by atoms with van der Waals surface area (Å²) in [6, 6.07) is 9.99. The number of amides is 1.